The number of nitrogens with one attached hydrogen (secondary N) is 1. The first-order chi connectivity index (χ1) is 9.20. The molecule has 102 valence electrons. The third-order valence-electron chi connectivity index (χ3n) is 3.05. The van der Waals surface area contributed by atoms with Crippen molar-refractivity contribution in [2.24, 2.45) is 0 Å². The Kier molecular flexibility index (Phi) is 5.05. The van der Waals surface area contributed by atoms with E-state index in [-0.39, 0.29) is 0 Å². The number of rotatable bonds is 6. The van der Waals surface area contributed by atoms with Gasteiger partial charge in [0.05, 0.1) is 0 Å². The topological polar surface area (TPSA) is 37.8 Å². The predicted molar refractivity (Wildman–Crippen MR) is 80.5 cm³/mol. The van der Waals surface area contributed by atoms with E-state index in [9.17, 15) is 0 Å². The van der Waals surface area contributed by atoms with E-state index in [1.54, 1.807) is 11.3 Å². The highest BCUT2D eigenvalue weighted by Crippen LogP contribution is 2.29. The van der Waals surface area contributed by atoms with Gasteiger partial charge in [-0.25, -0.2) is 0 Å². The summed E-state index contributed by atoms with van der Waals surface area (Å²) in [6.07, 6.45) is 1.05. The highest BCUT2D eigenvalue weighted by Gasteiger charge is 2.16. The van der Waals surface area contributed by atoms with E-state index in [0.29, 0.717) is 12.0 Å². The van der Waals surface area contributed by atoms with E-state index in [0.717, 1.165) is 23.0 Å². The molecule has 0 aliphatic carbocycles. The molecule has 1 unspecified atom stereocenters. The van der Waals surface area contributed by atoms with Crippen LogP contribution in [0.2, 0.25) is 0 Å². The van der Waals surface area contributed by atoms with Crippen LogP contribution in [0.3, 0.4) is 0 Å². The molecular formula is C15H21N3S. The van der Waals surface area contributed by atoms with Crippen molar-refractivity contribution in [2.45, 2.75) is 45.7 Å². The minimum Gasteiger partial charge on any atom is -0.308 e. The largest absolute Gasteiger partial charge is 0.308 e. The molecule has 1 atom stereocenters. The summed E-state index contributed by atoms with van der Waals surface area (Å²) in [6, 6.07) is 11.0. The first-order valence-corrected chi connectivity index (χ1v) is 7.63. The second kappa shape index (κ2) is 6.78. The number of hydrogen-bond acceptors (Lipinski definition) is 4. The molecule has 0 saturated heterocycles. The van der Waals surface area contributed by atoms with Crippen molar-refractivity contribution < 1.29 is 0 Å². The first kappa shape index (κ1) is 14.2. The van der Waals surface area contributed by atoms with E-state index in [1.165, 1.54) is 5.56 Å². The van der Waals surface area contributed by atoms with Gasteiger partial charge in [-0.3, -0.25) is 0 Å². The maximum Gasteiger partial charge on any atom is 0.131 e. The standard InChI is InChI=1S/C15H21N3S/c1-4-13(12-8-6-5-7-9-12)15-18-17-14(19-15)10-16-11(2)3/h5-9,11,13,16H,4,10H2,1-3H3. The summed E-state index contributed by atoms with van der Waals surface area (Å²) in [5.41, 5.74) is 1.32. The Morgan fingerprint density at radius 2 is 1.89 bits per heavy atom. The Bertz CT molecular complexity index is 493. The Morgan fingerprint density at radius 1 is 1.16 bits per heavy atom. The summed E-state index contributed by atoms with van der Waals surface area (Å²) in [4.78, 5) is 0. The lowest BCUT2D eigenvalue weighted by atomic mass is 9.97. The van der Waals surface area contributed by atoms with E-state index in [1.807, 2.05) is 6.07 Å². The molecule has 4 heteroatoms. The van der Waals surface area contributed by atoms with Gasteiger partial charge in [0.2, 0.25) is 0 Å². The third-order valence-corrected chi connectivity index (χ3v) is 4.09. The monoisotopic (exact) mass is 275 g/mol. The van der Waals surface area contributed by atoms with E-state index >= 15 is 0 Å². The number of aromatic nitrogens is 2. The van der Waals surface area contributed by atoms with Gasteiger partial charge in [0.15, 0.2) is 0 Å². The van der Waals surface area contributed by atoms with Crippen LogP contribution in [0.25, 0.3) is 0 Å². The van der Waals surface area contributed by atoms with Crippen LogP contribution in [-0.2, 0) is 6.54 Å². The van der Waals surface area contributed by atoms with Crippen LogP contribution >= 0.6 is 11.3 Å². The fraction of sp³-hybridized carbons (Fsp3) is 0.467. The van der Waals surface area contributed by atoms with Crippen molar-refractivity contribution in [3.8, 4) is 0 Å². The van der Waals surface area contributed by atoms with Gasteiger partial charge >= 0.3 is 0 Å². The maximum atomic E-state index is 4.37. The zero-order valence-corrected chi connectivity index (χ0v) is 12.6. The molecule has 0 saturated carbocycles. The summed E-state index contributed by atoms with van der Waals surface area (Å²) in [6.45, 7) is 7.28. The van der Waals surface area contributed by atoms with Crippen LogP contribution in [0.5, 0.6) is 0 Å². The molecule has 1 N–H and O–H groups in total. The van der Waals surface area contributed by atoms with Crippen molar-refractivity contribution in [3.63, 3.8) is 0 Å². The number of benzene rings is 1. The van der Waals surface area contributed by atoms with Gasteiger partial charge in [0.25, 0.3) is 0 Å². The van der Waals surface area contributed by atoms with Crippen molar-refractivity contribution in [1.29, 1.82) is 0 Å². The van der Waals surface area contributed by atoms with E-state index < -0.39 is 0 Å². The number of nitrogens with zero attached hydrogens (tertiary/aromatic N) is 2. The Hall–Kier alpha value is -1.26. The third kappa shape index (κ3) is 3.85. The highest BCUT2D eigenvalue weighted by molar-refractivity contribution is 7.11. The molecule has 2 aromatic rings. The summed E-state index contributed by atoms with van der Waals surface area (Å²) < 4.78 is 0. The molecule has 0 bridgehead atoms. The van der Waals surface area contributed by atoms with Crippen molar-refractivity contribution in [1.82, 2.24) is 15.5 Å². The van der Waals surface area contributed by atoms with Gasteiger partial charge in [-0.1, -0.05) is 62.4 Å². The fourth-order valence-corrected chi connectivity index (χ4v) is 3.01. The van der Waals surface area contributed by atoms with Gasteiger partial charge in [-0.15, -0.1) is 10.2 Å². The van der Waals surface area contributed by atoms with Crippen LogP contribution in [0, 0.1) is 0 Å². The van der Waals surface area contributed by atoms with Crippen LogP contribution in [-0.4, -0.2) is 16.2 Å². The smallest absolute Gasteiger partial charge is 0.131 e. The van der Waals surface area contributed by atoms with Gasteiger partial charge in [0.1, 0.15) is 10.0 Å². The molecule has 1 aromatic carbocycles. The molecule has 1 heterocycles. The van der Waals surface area contributed by atoms with Gasteiger partial charge in [0, 0.05) is 18.5 Å². The second-order valence-corrected chi connectivity index (χ2v) is 6.03. The lowest BCUT2D eigenvalue weighted by molar-refractivity contribution is 0.584. The molecule has 2 rings (SSSR count). The van der Waals surface area contributed by atoms with Crippen LogP contribution in [0.4, 0.5) is 0 Å². The molecule has 19 heavy (non-hydrogen) atoms. The summed E-state index contributed by atoms with van der Waals surface area (Å²) in [7, 11) is 0. The Morgan fingerprint density at radius 3 is 2.53 bits per heavy atom. The number of hydrogen-bond donors (Lipinski definition) is 1. The minimum absolute atomic E-state index is 0.367. The molecule has 3 nitrogen and oxygen atoms in total. The maximum absolute atomic E-state index is 4.37. The molecule has 0 spiro atoms. The van der Waals surface area contributed by atoms with E-state index in [4.69, 9.17) is 0 Å². The van der Waals surface area contributed by atoms with Gasteiger partial charge in [-0.2, -0.15) is 0 Å². The molecule has 0 aliphatic rings. The minimum atomic E-state index is 0.367. The van der Waals surface area contributed by atoms with Gasteiger partial charge < -0.3 is 5.32 Å². The Balaban J connectivity index is 2.12. The molecule has 1 aromatic heterocycles. The SMILES string of the molecule is CCC(c1ccccc1)c1nnc(CNC(C)C)s1. The zero-order chi connectivity index (χ0) is 13.7. The first-order valence-electron chi connectivity index (χ1n) is 6.81. The quantitative estimate of drug-likeness (QED) is 0.875. The summed E-state index contributed by atoms with van der Waals surface area (Å²) in [5.74, 6) is 0.367. The second-order valence-electron chi connectivity index (χ2n) is 4.94. The van der Waals surface area contributed by atoms with Gasteiger partial charge in [-0.05, 0) is 12.0 Å². The lowest BCUT2D eigenvalue weighted by Crippen LogP contribution is -2.21. The molecule has 0 amide bonds. The average Bonchev–Trinajstić information content (AvgIpc) is 2.87. The molecular weight excluding hydrogens is 254 g/mol. The van der Waals surface area contributed by atoms with Crippen LogP contribution < -0.4 is 5.32 Å². The van der Waals surface area contributed by atoms with E-state index in [2.05, 4.69) is 60.6 Å². The average molecular weight is 275 g/mol. The highest BCUT2D eigenvalue weighted by atomic mass is 32.1. The molecule has 0 radical (unpaired) electrons. The van der Waals surface area contributed by atoms with Crippen molar-refractivity contribution >= 4 is 11.3 Å². The molecule has 0 aliphatic heterocycles. The fourth-order valence-electron chi connectivity index (χ4n) is 2.01. The van der Waals surface area contributed by atoms with Crippen molar-refractivity contribution in [2.75, 3.05) is 0 Å². The molecule has 0 fully saturated rings. The Labute approximate surface area is 119 Å². The zero-order valence-electron chi connectivity index (χ0n) is 11.8. The van der Waals surface area contributed by atoms with Crippen molar-refractivity contribution in [3.05, 3.63) is 45.9 Å². The lowest BCUT2D eigenvalue weighted by Gasteiger charge is -2.11. The van der Waals surface area contributed by atoms with Crippen LogP contribution in [0.1, 0.15) is 48.7 Å². The predicted octanol–water partition coefficient (Wildman–Crippen LogP) is 3.58. The van der Waals surface area contributed by atoms with Crippen LogP contribution in [0.15, 0.2) is 30.3 Å². The summed E-state index contributed by atoms with van der Waals surface area (Å²) in [5, 5.41) is 14.2. The normalized spacial score (nSPS) is 12.8. The summed E-state index contributed by atoms with van der Waals surface area (Å²) >= 11 is 1.72.